The fourth-order valence-electron chi connectivity index (χ4n) is 1.71. The van der Waals surface area contributed by atoms with Gasteiger partial charge in [0.15, 0.2) is 0 Å². The van der Waals surface area contributed by atoms with Crippen LogP contribution in [0.3, 0.4) is 0 Å². The average molecular weight is 315 g/mol. The summed E-state index contributed by atoms with van der Waals surface area (Å²) < 4.78 is 29.9. The van der Waals surface area contributed by atoms with Crippen LogP contribution in [0.5, 0.6) is 0 Å². The summed E-state index contributed by atoms with van der Waals surface area (Å²) in [4.78, 5) is 22.1. The molecule has 1 aromatic rings. The van der Waals surface area contributed by atoms with Crippen molar-refractivity contribution in [3.8, 4) is 0 Å². The van der Waals surface area contributed by atoms with E-state index in [0.717, 1.165) is 4.31 Å². The molecular weight excluding hydrogens is 298 g/mol. The molecule has 0 spiro atoms. The number of carbonyl (C=O) groups excluding carboxylic acids is 1. The van der Waals surface area contributed by atoms with Gasteiger partial charge in [-0.2, -0.15) is 4.31 Å². The van der Waals surface area contributed by atoms with E-state index in [1.54, 1.807) is 6.92 Å². The van der Waals surface area contributed by atoms with Crippen LogP contribution in [-0.4, -0.2) is 50.0 Å². The molecular formula is C13H17NO6S. The Labute approximate surface area is 123 Å². The van der Waals surface area contributed by atoms with E-state index in [-0.39, 0.29) is 24.4 Å². The maximum atomic E-state index is 12.2. The molecule has 0 atom stereocenters. The lowest BCUT2D eigenvalue weighted by Crippen LogP contribution is -2.36. The van der Waals surface area contributed by atoms with Crippen molar-refractivity contribution in [2.45, 2.75) is 12.7 Å². The smallest absolute Gasteiger partial charge is 0.335 e. The Morgan fingerprint density at radius 2 is 2.00 bits per heavy atom. The second-order valence-electron chi connectivity index (χ2n) is 4.26. The number of carboxylic acid groups (broad SMARTS) is 1. The van der Waals surface area contributed by atoms with E-state index >= 15 is 0 Å². The molecule has 1 rings (SSSR count). The molecule has 0 heterocycles. The Balaban J connectivity index is 2.95. The molecule has 0 radical (unpaired) electrons. The molecule has 7 nitrogen and oxygen atoms in total. The van der Waals surface area contributed by atoms with E-state index in [9.17, 15) is 18.0 Å². The predicted molar refractivity (Wildman–Crippen MR) is 75.3 cm³/mol. The van der Waals surface area contributed by atoms with Crippen LogP contribution in [0, 0.1) is 0 Å². The van der Waals surface area contributed by atoms with Gasteiger partial charge in [-0.05, 0) is 17.7 Å². The molecule has 0 saturated carbocycles. The Bertz CT molecular complexity index is 625. The van der Waals surface area contributed by atoms with Gasteiger partial charge in [-0.3, -0.25) is 4.79 Å². The van der Waals surface area contributed by atoms with Crippen molar-refractivity contribution in [3.63, 3.8) is 0 Å². The molecule has 0 unspecified atom stereocenters. The molecule has 116 valence electrons. The standard InChI is InChI=1S/C13H17NO6S/c1-3-14(8-12(15)20-2)21(18,19)9-10-5-4-6-11(7-10)13(16)17/h4-7H,3,8-9H2,1-2H3,(H,16,17). The van der Waals surface area contributed by atoms with E-state index < -0.39 is 22.0 Å². The number of esters is 1. The highest BCUT2D eigenvalue weighted by atomic mass is 32.2. The molecule has 0 aromatic heterocycles. The van der Waals surface area contributed by atoms with Gasteiger partial charge in [0.1, 0.15) is 6.54 Å². The van der Waals surface area contributed by atoms with E-state index in [1.165, 1.54) is 31.4 Å². The molecule has 0 aliphatic heterocycles. The lowest BCUT2D eigenvalue weighted by molar-refractivity contribution is -0.140. The Morgan fingerprint density at radius 3 is 2.52 bits per heavy atom. The molecule has 21 heavy (non-hydrogen) atoms. The lowest BCUT2D eigenvalue weighted by Gasteiger charge is -2.19. The average Bonchev–Trinajstić information content (AvgIpc) is 2.43. The lowest BCUT2D eigenvalue weighted by atomic mass is 10.1. The number of benzene rings is 1. The second kappa shape index (κ2) is 7.19. The summed E-state index contributed by atoms with van der Waals surface area (Å²) in [5.74, 6) is -2.16. The van der Waals surface area contributed by atoms with Crippen LogP contribution >= 0.6 is 0 Å². The van der Waals surface area contributed by atoms with Crippen LogP contribution in [0.1, 0.15) is 22.8 Å². The molecule has 8 heteroatoms. The van der Waals surface area contributed by atoms with Crippen molar-refractivity contribution in [2.75, 3.05) is 20.2 Å². The van der Waals surface area contributed by atoms with Gasteiger partial charge in [0.2, 0.25) is 10.0 Å². The number of ether oxygens (including phenoxy) is 1. The Morgan fingerprint density at radius 1 is 1.33 bits per heavy atom. The van der Waals surface area contributed by atoms with E-state index in [0.29, 0.717) is 5.56 Å². The molecule has 0 fully saturated rings. The third kappa shape index (κ3) is 4.83. The van der Waals surface area contributed by atoms with Crippen LogP contribution in [0.4, 0.5) is 0 Å². The minimum absolute atomic E-state index is 0.0127. The summed E-state index contributed by atoms with van der Waals surface area (Å²) in [5.41, 5.74) is 0.358. The van der Waals surface area contributed by atoms with Gasteiger partial charge in [-0.1, -0.05) is 19.1 Å². The van der Waals surface area contributed by atoms with Crippen LogP contribution in [-0.2, 0) is 25.3 Å². The SMILES string of the molecule is CCN(CC(=O)OC)S(=O)(=O)Cc1cccc(C(=O)O)c1. The summed E-state index contributed by atoms with van der Waals surface area (Å²) in [7, 11) is -2.55. The fourth-order valence-corrected chi connectivity index (χ4v) is 3.19. The topological polar surface area (TPSA) is 101 Å². The minimum atomic E-state index is -3.73. The largest absolute Gasteiger partial charge is 0.478 e. The number of likely N-dealkylation sites (N-methyl/N-ethyl adjacent to an activating group) is 1. The van der Waals surface area contributed by atoms with Crippen molar-refractivity contribution in [2.24, 2.45) is 0 Å². The summed E-state index contributed by atoms with van der Waals surface area (Å²) in [6.07, 6.45) is 0. The first kappa shape index (κ1) is 17.1. The molecule has 0 saturated heterocycles. The van der Waals surface area contributed by atoms with Crippen molar-refractivity contribution in [1.29, 1.82) is 0 Å². The van der Waals surface area contributed by atoms with Crippen molar-refractivity contribution in [1.82, 2.24) is 4.31 Å². The van der Waals surface area contributed by atoms with Crippen LogP contribution in [0.2, 0.25) is 0 Å². The van der Waals surface area contributed by atoms with E-state index in [2.05, 4.69) is 4.74 Å². The number of carbonyl (C=O) groups is 2. The zero-order valence-corrected chi connectivity index (χ0v) is 12.6. The number of rotatable bonds is 7. The number of sulfonamides is 1. The highest BCUT2D eigenvalue weighted by molar-refractivity contribution is 7.88. The first-order valence-corrected chi connectivity index (χ1v) is 7.78. The highest BCUT2D eigenvalue weighted by Gasteiger charge is 2.24. The monoisotopic (exact) mass is 315 g/mol. The van der Waals surface area contributed by atoms with Gasteiger partial charge in [0.25, 0.3) is 0 Å². The van der Waals surface area contributed by atoms with Crippen LogP contribution < -0.4 is 0 Å². The van der Waals surface area contributed by atoms with E-state index in [4.69, 9.17) is 5.11 Å². The number of aromatic carboxylic acids is 1. The quantitative estimate of drug-likeness (QED) is 0.744. The van der Waals surface area contributed by atoms with Crippen molar-refractivity contribution >= 4 is 22.0 Å². The molecule has 1 N–H and O–H groups in total. The van der Waals surface area contributed by atoms with Crippen molar-refractivity contribution < 1.29 is 27.9 Å². The molecule has 0 aliphatic carbocycles. The number of hydrogen-bond acceptors (Lipinski definition) is 5. The third-order valence-electron chi connectivity index (χ3n) is 2.80. The van der Waals surface area contributed by atoms with Gasteiger partial charge in [0, 0.05) is 6.54 Å². The number of carboxylic acids is 1. The van der Waals surface area contributed by atoms with Crippen LogP contribution in [0.15, 0.2) is 24.3 Å². The highest BCUT2D eigenvalue weighted by Crippen LogP contribution is 2.13. The van der Waals surface area contributed by atoms with Gasteiger partial charge in [-0.15, -0.1) is 0 Å². The molecule has 0 aliphatic rings. The summed E-state index contributed by atoms with van der Waals surface area (Å²) in [6.45, 7) is 1.36. The first-order valence-electron chi connectivity index (χ1n) is 6.17. The summed E-state index contributed by atoms with van der Waals surface area (Å²) in [6, 6.07) is 5.68. The van der Waals surface area contributed by atoms with Crippen molar-refractivity contribution in [3.05, 3.63) is 35.4 Å². The number of nitrogens with zero attached hydrogens (tertiary/aromatic N) is 1. The maximum absolute atomic E-state index is 12.2. The predicted octanol–water partition coefficient (Wildman–Crippen LogP) is 0.710. The Kier molecular flexibility index (Phi) is 5.86. The zero-order valence-electron chi connectivity index (χ0n) is 11.8. The maximum Gasteiger partial charge on any atom is 0.335 e. The third-order valence-corrected chi connectivity index (χ3v) is 4.67. The van der Waals surface area contributed by atoms with Gasteiger partial charge >= 0.3 is 11.9 Å². The van der Waals surface area contributed by atoms with E-state index in [1.807, 2.05) is 0 Å². The van der Waals surface area contributed by atoms with Gasteiger partial charge < -0.3 is 9.84 Å². The second-order valence-corrected chi connectivity index (χ2v) is 6.23. The summed E-state index contributed by atoms with van der Waals surface area (Å²) >= 11 is 0. The minimum Gasteiger partial charge on any atom is -0.478 e. The number of hydrogen-bond donors (Lipinski definition) is 1. The normalized spacial score (nSPS) is 11.4. The molecule has 1 aromatic carbocycles. The zero-order chi connectivity index (χ0) is 16.0. The number of methoxy groups -OCH3 is 1. The van der Waals surface area contributed by atoms with Gasteiger partial charge in [0.05, 0.1) is 18.4 Å². The molecule has 0 bridgehead atoms. The Hall–Kier alpha value is -1.93. The van der Waals surface area contributed by atoms with Gasteiger partial charge in [-0.25, -0.2) is 13.2 Å². The first-order chi connectivity index (χ1) is 9.80. The molecule has 0 amide bonds. The fraction of sp³-hybridized carbons (Fsp3) is 0.385. The summed E-state index contributed by atoms with van der Waals surface area (Å²) in [5, 5.41) is 8.89. The van der Waals surface area contributed by atoms with Crippen LogP contribution in [0.25, 0.3) is 0 Å².